The van der Waals surface area contributed by atoms with Crippen molar-refractivity contribution in [2.75, 3.05) is 7.11 Å². The molecule has 1 aromatic rings. The molecule has 3 aliphatic heterocycles. The Labute approximate surface area is 193 Å². The van der Waals surface area contributed by atoms with E-state index in [4.69, 9.17) is 18.9 Å². The van der Waals surface area contributed by atoms with Crippen LogP contribution >= 0.6 is 0 Å². The number of rotatable bonds is 1. The molecular formula is C25H32O8. The molecule has 1 saturated carbocycles. The maximum absolute atomic E-state index is 12.5. The van der Waals surface area contributed by atoms with Crippen LogP contribution < -0.4 is 9.47 Å². The van der Waals surface area contributed by atoms with E-state index in [0.717, 1.165) is 16.7 Å². The van der Waals surface area contributed by atoms with Crippen LogP contribution in [0.3, 0.4) is 0 Å². The summed E-state index contributed by atoms with van der Waals surface area (Å²) in [7, 11) is 1.52. The van der Waals surface area contributed by atoms with Crippen molar-refractivity contribution in [2.45, 2.75) is 89.8 Å². The molecular weight excluding hydrogens is 428 g/mol. The topological polar surface area (TPSA) is 112 Å². The third kappa shape index (κ3) is 2.59. The molecule has 0 aromatic heterocycles. The molecule has 2 N–H and O–H groups in total. The minimum atomic E-state index is -1.70. The van der Waals surface area contributed by atoms with E-state index in [1.165, 1.54) is 7.11 Å². The van der Waals surface area contributed by atoms with E-state index in [2.05, 4.69) is 0 Å². The van der Waals surface area contributed by atoms with E-state index in [1.807, 2.05) is 20.8 Å². The number of benzene rings is 1. The molecule has 8 nitrogen and oxygen atoms in total. The van der Waals surface area contributed by atoms with Crippen molar-refractivity contribution in [1.29, 1.82) is 0 Å². The van der Waals surface area contributed by atoms with Gasteiger partial charge in [-0.05, 0) is 46.1 Å². The first kappa shape index (κ1) is 22.5. The van der Waals surface area contributed by atoms with Gasteiger partial charge in [0.05, 0.1) is 13.2 Å². The first-order valence-corrected chi connectivity index (χ1v) is 11.5. The van der Waals surface area contributed by atoms with Gasteiger partial charge in [-0.2, -0.15) is 0 Å². The Balaban J connectivity index is 1.73. The van der Waals surface area contributed by atoms with Gasteiger partial charge in [-0.25, -0.2) is 4.79 Å². The van der Waals surface area contributed by atoms with Crippen LogP contribution in [0.1, 0.15) is 74.0 Å². The van der Waals surface area contributed by atoms with Crippen LogP contribution in [-0.4, -0.2) is 52.2 Å². The lowest BCUT2D eigenvalue weighted by atomic mass is 9.46. The first-order chi connectivity index (χ1) is 15.3. The summed E-state index contributed by atoms with van der Waals surface area (Å²) in [5.74, 6) is -0.0253. The Bertz CT molecular complexity index is 1080. The number of aliphatic hydroxyl groups is 2. The second kappa shape index (κ2) is 6.63. The Kier molecular flexibility index (Phi) is 4.51. The maximum atomic E-state index is 12.5. The zero-order valence-corrected chi connectivity index (χ0v) is 20.0. The highest BCUT2D eigenvalue weighted by Crippen LogP contribution is 2.64. The van der Waals surface area contributed by atoms with Gasteiger partial charge < -0.3 is 29.2 Å². The fourth-order valence-corrected chi connectivity index (χ4v) is 7.31. The molecule has 4 aliphatic rings. The highest BCUT2D eigenvalue weighted by atomic mass is 16.6. The van der Waals surface area contributed by atoms with Gasteiger partial charge >= 0.3 is 11.9 Å². The Hall–Kier alpha value is -2.32. The molecule has 5 atom stereocenters. The maximum Gasteiger partial charge on any atom is 0.342 e. The molecule has 0 spiro atoms. The summed E-state index contributed by atoms with van der Waals surface area (Å²) in [6.07, 6.45) is -0.102. The number of hydrogen-bond donors (Lipinski definition) is 2. The van der Waals surface area contributed by atoms with Crippen molar-refractivity contribution in [3.63, 3.8) is 0 Å². The lowest BCUT2D eigenvalue weighted by Crippen LogP contribution is -2.76. The molecule has 0 radical (unpaired) electrons. The number of ether oxygens (including phenoxy) is 4. The minimum absolute atomic E-state index is 0.126. The van der Waals surface area contributed by atoms with E-state index >= 15 is 0 Å². The molecule has 33 heavy (non-hydrogen) atoms. The van der Waals surface area contributed by atoms with Crippen LogP contribution in [-0.2, 0) is 27.3 Å². The van der Waals surface area contributed by atoms with Crippen LogP contribution in [0.15, 0.2) is 0 Å². The van der Waals surface area contributed by atoms with Gasteiger partial charge in [-0.1, -0.05) is 6.92 Å². The van der Waals surface area contributed by atoms with Crippen LogP contribution in [0.2, 0.25) is 0 Å². The summed E-state index contributed by atoms with van der Waals surface area (Å²) < 4.78 is 23.3. The average molecular weight is 461 g/mol. The van der Waals surface area contributed by atoms with Gasteiger partial charge in [-0.3, -0.25) is 4.79 Å². The minimum Gasteiger partial charge on any atom is -0.495 e. The van der Waals surface area contributed by atoms with Crippen molar-refractivity contribution < 1.29 is 38.7 Å². The van der Waals surface area contributed by atoms with Gasteiger partial charge in [0.25, 0.3) is 0 Å². The van der Waals surface area contributed by atoms with Crippen LogP contribution in [0.25, 0.3) is 0 Å². The number of esters is 2. The molecule has 180 valence electrons. The normalized spacial score (nSPS) is 38.5. The molecule has 1 aromatic carbocycles. The fourth-order valence-electron chi connectivity index (χ4n) is 7.31. The molecule has 0 bridgehead atoms. The summed E-state index contributed by atoms with van der Waals surface area (Å²) in [6.45, 7) is 9.26. The Morgan fingerprint density at radius 3 is 2.45 bits per heavy atom. The largest absolute Gasteiger partial charge is 0.495 e. The molecule has 1 aliphatic carbocycles. The predicted molar refractivity (Wildman–Crippen MR) is 116 cm³/mol. The van der Waals surface area contributed by atoms with Crippen molar-refractivity contribution in [3.8, 4) is 11.5 Å². The number of fused-ring (bicyclic) bond motifs is 5. The second-order valence-corrected chi connectivity index (χ2v) is 11.0. The highest BCUT2D eigenvalue weighted by molar-refractivity contribution is 5.98. The van der Waals surface area contributed by atoms with Crippen LogP contribution in [0.4, 0.5) is 0 Å². The van der Waals surface area contributed by atoms with Gasteiger partial charge in [0.2, 0.25) is 0 Å². The summed E-state index contributed by atoms with van der Waals surface area (Å²) in [5, 5.41) is 23.5. The fraction of sp³-hybridized carbons (Fsp3) is 0.680. The van der Waals surface area contributed by atoms with Crippen molar-refractivity contribution >= 4 is 11.9 Å². The molecule has 0 unspecified atom stereocenters. The Morgan fingerprint density at radius 1 is 1.09 bits per heavy atom. The standard InChI is InChI=1S/C25H32O8/c1-12-14-11-31-21(28)18(14)20(30-6)13-9-15-23(4)8-7-17(27)32-22(2,3)25(23,29)16(26)10-24(15,5)33-19(12)13/h15-16,26,29H,7-11H2,1-6H3/t15-,16+,23-,24+,25-/m0/s1. The third-order valence-electron chi connectivity index (χ3n) is 8.96. The Morgan fingerprint density at radius 2 is 1.79 bits per heavy atom. The number of cyclic esters (lactones) is 2. The van der Waals surface area contributed by atoms with Crippen molar-refractivity contribution in [3.05, 3.63) is 22.3 Å². The number of hydrogen-bond acceptors (Lipinski definition) is 8. The monoisotopic (exact) mass is 460 g/mol. The van der Waals surface area contributed by atoms with E-state index in [-0.39, 0.29) is 25.4 Å². The molecule has 3 heterocycles. The number of carbonyl (C=O) groups is 2. The third-order valence-corrected chi connectivity index (χ3v) is 8.96. The van der Waals surface area contributed by atoms with Crippen LogP contribution in [0.5, 0.6) is 11.5 Å². The predicted octanol–water partition coefficient (Wildman–Crippen LogP) is 2.60. The van der Waals surface area contributed by atoms with Crippen molar-refractivity contribution in [2.24, 2.45) is 11.3 Å². The summed E-state index contributed by atoms with van der Waals surface area (Å²) in [5.41, 5.74) is -1.98. The molecule has 5 rings (SSSR count). The first-order valence-electron chi connectivity index (χ1n) is 11.5. The zero-order chi connectivity index (χ0) is 24.1. The molecule has 1 saturated heterocycles. The van der Waals surface area contributed by atoms with E-state index in [1.54, 1.807) is 13.8 Å². The molecule has 0 amide bonds. The SMILES string of the molecule is COc1c2c(c(C)c3c1C(=O)OC3)O[C@]1(C)C[C@@H](O)[C@]3(O)C(C)(C)OC(=O)CC[C@@]3(C)[C@@H]1C2. The van der Waals surface area contributed by atoms with Crippen LogP contribution in [0, 0.1) is 18.3 Å². The molecule has 8 heteroatoms. The zero-order valence-electron chi connectivity index (χ0n) is 20.0. The lowest BCUT2D eigenvalue weighted by Gasteiger charge is -2.65. The summed E-state index contributed by atoms with van der Waals surface area (Å²) >= 11 is 0. The van der Waals surface area contributed by atoms with Gasteiger partial charge in [0.15, 0.2) is 0 Å². The second-order valence-electron chi connectivity index (χ2n) is 11.0. The van der Waals surface area contributed by atoms with Gasteiger partial charge in [0.1, 0.15) is 40.5 Å². The number of aliphatic hydroxyl groups excluding tert-OH is 1. The number of methoxy groups -OCH3 is 1. The average Bonchev–Trinajstić information content (AvgIpc) is 3.09. The molecule has 2 fully saturated rings. The lowest BCUT2D eigenvalue weighted by molar-refractivity contribution is -0.302. The van der Waals surface area contributed by atoms with E-state index in [9.17, 15) is 19.8 Å². The highest BCUT2D eigenvalue weighted by Gasteiger charge is 2.73. The smallest absolute Gasteiger partial charge is 0.342 e. The van der Waals surface area contributed by atoms with E-state index in [0.29, 0.717) is 29.9 Å². The quantitative estimate of drug-likeness (QED) is 0.615. The van der Waals surface area contributed by atoms with Gasteiger partial charge in [-0.15, -0.1) is 0 Å². The number of carbonyl (C=O) groups excluding carboxylic acids is 2. The van der Waals surface area contributed by atoms with E-state index < -0.39 is 40.3 Å². The van der Waals surface area contributed by atoms with Gasteiger partial charge in [0, 0.05) is 35.3 Å². The summed E-state index contributed by atoms with van der Waals surface area (Å²) in [4.78, 5) is 25.0. The summed E-state index contributed by atoms with van der Waals surface area (Å²) in [6, 6.07) is 0. The van der Waals surface area contributed by atoms with Crippen molar-refractivity contribution in [1.82, 2.24) is 0 Å².